The van der Waals surface area contributed by atoms with E-state index < -0.39 is 12.0 Å². The van der Waals surface area contributed by atoms with E-state index in [1.165, 1.54) is 32.1 Å². The molecule has 1 saturated carbocycles. The Kier molecular flexibility index (Phi) is 5.46. The second kappa shape index (κ2) is 6.63. The van der Waals surface area contributed by atoms with Gasteiger partial charge < -0.3 is 15.6 Å². The van der Waals surface area contributed by atoms with Gasteiger partial charge in [0.1, 0.15) is 5.97 Å². The summed E-state index contributed by atoms with van der Waals surface area (Å²) >= 11 is 0. The average molecular weight is 227 g/mol. The first-order chi connectivity index (χ1) is 7.61. The van der Waals surface area contributed by atoms with Crippen molar-refractivity contribution in [3.05, 3.63) is 0 Å². The Balaban J connectivity index is 2.14. The molecule has 0 bridgehead atoms. The minimum atomic E-state index is -1.36. The molecule has 16 heavy (non-hydrogen) atoms. The van der Waals surface area contributed by atoms with Crippen molar-refractivity contribution in [2.75, 3.05) is 0 Å². The molecule has 0 aliphatic heterocycles. The third kappa shape index (κ3) is 4.31. The first-order valence-electron chi connectivity index (χ1n) is 6.18. The Morgan fingerprint density at radius 3 is 2.44 bits per heavy atom. The first kappa shape index (κ1) is 13.2. The number of aliphatic carboxylic acids is 1. The third-order valence-electron chi connectivity index (χ3n) is 3.43. The smallest absolute Gasteiger partial charge is 0.195 e. The number of carbonyl (C=O) groups is 2. The van der Waals surface area contributed by atoms with Crippen LogP contribution in [0.25, 0.3) is 0 Å². The van der Waals surface area contributed by atoms with Crippen molar-refractivity contribution < 1.29 is 20.4 Å². The topological polar surface area (TPSA) is 84.8 Å². The zero-order valence-electron chi connectivity index (χ0n) is 9.74. The van der Waals surface area contributed by atoms with Gasteiger partial charge in [-0.2, -0.15) is 0 Å². The molecule has 0 saturated heterocycles. The molecule has 0 heterocycles. The van der Waals surface area contributed by atoms with Gasteiger partial charge in [0.2, 0.25) is 0 Å². The van der Waals surface area contributed by atoms with Crippen molar-refractivity contribution in [3.8, 4) is 0 Å². The van der Waals surface area contributed by atoms with Crippen LogP contribution in [0, 0.1) is 5.92 Å². The number of ketones is 1. The SMILES string of the molecule is [NH3+][C@H](C(=O)[O-])C(=O)CCCC1CCCCC1. The van der Waals surface area contributed by atoms with E-state index in [1.807, 2.05) is 0 Å². The zero-order chi connectivity index (χ0) is 12.0. The summed E-state index contributed by atoms with van der Waals surface area (Å²) in [5.41, 5.74) is 3.29. The first-order valence-corrected chi connectivity index (χ1v) is 6.18. The summed E-state index contributed by atoms with van der Waals surface area (Å²) in [7, 11) is 0. The van der Waals surface area contributed by atoms with Crippen LogP contribution in [0.5, 0.6) is 0 Å². The van der Waals surface area contributed by atoms with Gasteiger partial charge in [-0.1, -0.05) is 38.5 Å². The summed E-state index contributed by atoms with van der Waals surface area (Å²) in [6.45, 7) is 0. The number of hydrogen-bond acceptors (Lipinski definition) is 3. The van der Waals surface area contributed by atoms with Crippen molar-refractivity contribution in [1.82, 2.24) is 0 Å². The molecule has 1 aliphatic rings. The van der Waals surface area contributed by atoms with Gasteiger partial charge in [0.05, 0.1) is 0 Å². The van der Waals surface area contributed by atoms with Crippen LogP contribution in [-0.2, 0) is 9.59 Å². The lowest BCUT2D eigenvalue weighted by atomic mass is 9.85. The van der Waals surface area contributed by atoms with Crippen molar-refractivity contribution in [1.29, 1.82) is 0 Å². The number of rotatable bonds is 6. The lowest BCUT2D eigenvalue weighted by Crippen LogP contribution is -2.71. The quantitative estimate of drug-likeness (QED) is 0.630. The van der Waals surface area contributed by atoms with E-state index >= 15 is 0 Å². The highest BCUT2D eigenvalue weighted by atomic mass is 16.4. The van der Waals surface area contributed by atoms with Gasteiger partial charge in [0.25, 0.3) is 0 Å². The highest BCUT2D eigenvalue weighted by molar-refractivity contribution is 5.99. The molecule has 0 radical (unpaired) electrons. The number of hydrogen-bond donors (Lipinski definition) is 1. The minimum absolute atomic E-state index is 0.296. The van der Waals surface area contributed by atoms with Crippen LogP contribution >= 0.6 is 0 Å². The molecule has 1 fully saturated rings. The standard InChI is InChI=1S/C12H21NO3/c13-11(12(15)16)10(14)8-4-7-9-5-2-1-3-6-9/h9,11H,1-8,13H2,(H,15,16)/t11-/m0/s1. The molecule has 4 nitrogen and oxygen atoms in total. The fourth-order valence-electron chi connectivity index (χ4n) is 2.35. The monoisotopic (exact) mass is 227 g/mol. The number of quaternary nitrogens is 1. The van der Waals surface area contributed by atoms with E-state index in [2.05, 4.69) is 5.73 Å². The molecule has 1 rings (SSSR count). The zero-order valence-corrected chi connectivity index (χ0v) is 9.74. The van der Waals surface area contributed by atoms with E-state index in [9.17, 15) is 14.7 Å². The molecule has 0 amide bonds. The molecule has 0 aromatic carbocycles. The Morgan fingerprint density at radius 1 is 1.25 bits per heavy atom. The number of carbonyl (C=O) groups excluding carboxylic acids is 2. The maximum absolute atomic E-state index is 11.3. The minimum Gasteiger partial charge on any atom is -0.544 e. The molecule has 0 spiro atoms. The molecule has 4 heteroatoms. The van der Waals surface area contributed by atoms with Crippen molar-refractivity contribution in [3.63, 3.8) is 0 Å². The molecule has 0 aromatic heterocycles. The van der Waals surface area contributed by atoms with Crippen LogP contribution in [0.3, 0.4) is 0 Å². The van der Waals surface area contributed by atoms with Gasteiger partial charge in [-0.15, -0.1) is 0 Å². The second-order valence-electron chi connectivity index (χ2n) is 4.73. The maximum Gasteiger partial charge on any atom is 0.195 e. The Morgan fingerprint density at radius 2 is 1.88 bits per heavy atom. The lowest BCUT2D eigenvalue weighted by molar-refractivity contribution is -0.423. The summed E-state index contributed by atoms with van der Waals surface area (Å²) in [4.78, 5) is 21.8. The lowest BCUT2D eigenvalue weighted by Gasteiger charge is -2.21. The predicted octanol–water partition coefficient (Wildman–Crippen LogP) is -0.333. The van der Waals surface area contributed by atoms with Crippen molar-refractivity contribution in [2.24, 2.45) is 5.92 Å². The van der Waals surface area contributed by atoms with E-state index in [0.29, 0.717) is 6.42 Å². The fraction of sp³-hybridized carbons (Fsp3) is 0.833. The molecule has 1 atom stereocenters. The molecule has 0 aromatic rings. The number of carboxylic acid groups (broad SMARTS) is 1. The fourth-order valence-corrected chi connectivity index (χ4v) is 2.35. The van der Waals surface area contributed by atoms with Gasteiger partial charge in [0.15, 0.2) is 11.8 Å². The van der Waals surface area contributed by atoms with Crippen LogP contribution in [-0.4, -0.2) is 17.8 Å². The van der Waals surface area contributed by atoms with Crippen molar-refractivity contribution >= 4 is 11.8 Å². The van der Waals surface area contributed by atoms with Gasteiger partial charge in [-0.3, -0.25) is 4.79 Å². The largest absolute Gasteiger partial charge is 0.544 e. The van der Waals surface area contributed by atoms with Crippen LogP contribution in [0.1, 0.15) is 51.4 Å². The Labute approximate surface area is 96.2 Å². The van der Waals surface area contributed by atoms with E-state index in [-0.39, 0.29) is 5.78 Å². The molecule has 1 aliphatic carbocycles. The summed E-state index contributed by atoms with van der Waals surface area (Å²) in [5, 5.41) is 10.4. The molecular weight excluding hydrogens is 206 g/mol. The highest BCUT2D eigenvalue weighted by Gasteiger charge is 2.19. The summed E-state index contributed by atoms with van der Waals surface area (Å²) in [6, 6.07) is -1.19. The van der Waals surface area contributed by atoms with Gasteiger partial charge >= 0.3 is 0 Å². The molecule has 3 N–H and O–H groups in total. The van der Waals surface area contributed by atoms with Crippen LogP contribution < -0.4 is 10.8 Å². The van der Waals surface area contributed by atoms with Gasteiger partial charge in [-0.25, -0.2) is 0 Å². The third-order valence-corrected chi connectivity index (χ3v) is 3.43. The normalized spacial score (nSPS) is 19.3. The van der Waals surface area contributed by atoms with E-state index in [0.717, 1.165) is 18.8 Å². The molecule has 0 unspecified atom stereocenters. The Hall–Kier alpha value is -0.900. The maximum atomic E-state index is 11.3. The summed E-state index contributed by atoms with van der Waals surface area (Å²) in [5.74, 6) is -0.911. The van der Waals surface area contributed by atoms with Crippen LogP contribution in [0.4, 0.5) is 0 Å². The molecule has 92 valence electrons. The van der Waals surface area contributed by atoms with E-state index in [4.69, 9.17) is 0 Å². The molecular formula is C12H21NO3. The number of Topliss-reactive ketones (excluding diaryl/α,β-unsaturated/α-hetero) is 1. The van der Waals surface area contributed by atoms with E-state index in [1.54, 1.807) is 0 Å². The van der Waals surface area contributed by atoms with Gasteiger partial charge in [-0.05, 0) is 12.3 Å². The second-order valence-corrected chi connectivity index (χ2v) is 4.73. The highest BCUT2D eigenvalue weighted by Crippen LogP contribution is 2.27. The predicted molar refractivity (Wildman–Crippen MR) is 57.1 cm³/mol. The summed E-state index contributed by atoms with van der Waals surface area (Å²) in [6.07, 6.45) is 8.64. The number of carboxylic acids is 1. The van der Waals surface area contributed by atoms with Crippen molar-refractivity contribution in [2.45, 2.75) is 57.4 Å². The average Bonchev–Trinajstić information content (AvgIpc) is 2.29. The Bertz CT molecular complexity index is 247. The van der Waals surface area contributed by atoms with Crippen LogP contribution in [0.15, 0.2) is 0 Å². The summed E-state index contributed by atoms with van der Waals surface area (Å²) < 4.78 is 0. The van der Waals surface area contributed by atoms with Gasteiger partial charge in [0, 0.05) is 6.42 Å². The van der Waals surface area contributed by atoms with Crippen LogP contribution in [0.2, 0.25) is 0 Å².